The number of halogens is 4. The normalized spacial score (nSPS) is 19.9. The second-order valence-electron chi connectivity index (χ2n) is 14.2. The molecule has 0 aliphatic heterocycles. The Labute approximate surface area is 296 Å². The SMILES string of the molecule is CC(C)(C[B]P(I)C(C)(CO)c1ccccc1)CC(C)(Cl)CC(C)(Cl)CC(C)(C)P(I)[B]C(C)(CO)c1ccccc1. The largest absolute Gasteiger partial charge is 0.396 e. The fourth-order valence-corrected chi connectivity index (χ4v) is 14.9. The van der Waals surface area contributed by atoms with Crippen molar-refractivity contribution in [1.29, 1.82) is 0 Å². The van der Waals surface area contributed by atoms with Gasteiger partial charge >= 0.3 is 0 Å². The van der Waals surface area contributed by atoms with Crippen LogP contribution in [0.15, 0.2) is 60.7 Å². The molecule has 0 aliphatic rings. The number of aliphatic hydroxyl groups is 2. The van der Waals surface area contributed by atoms with Gasteiger partial charge in [-0.25, -0.2) is 0 Å². The van der Waals surface area contributed by atoms with Crippen LogP contribution in [0.3, 0.4) is 0 Å². The molecule has 0 aromatic heterocycles. The van der Waals surface area contributed by atoms with Crippen molar-refractivity contribution < 1.29 is 10.2 Å². The van der Waals surface area contributed by atoms with Crippen molar-refractivity contribution in [3.05, 3.63) is 71.8 Å². The molecule has 0 bridgehead atoms. The first-order chi connectivity index (χ1) is 19.2. The van der Waals surface area contributed by atoms with E-state index in [1.807, 2.05) is 36.4 Å². The molecule has 0 spiro atoms. The monoisotopic (exact) mass is 872 g/mol. The van der Waals surface area contributed by atoms with Crippen LogP contribution in [0, 0.1) is 5.41 Å². The van der Waals surface area contributed by atoms with E-state index in [4.69, 9.17) is 23.2 Å². The average molecular weight is 873 g/mol. The lowest BCUT2D eigenvalue weighted by molar-refractivity contribution is 0.253. The lowest BCUT2D eigenvalue weighted by Crippen LogP contribution is -2.40. The quantitative estimate of drug-likeness (QED) is 0.0720. The minimum Gasteiger partial charge on any atom is -0.396 e. The van der Waals surface area contributed by atoms with Crippen molar-refractivity contribution in [2.45, 2.75) is 106 Å². The molecule has 6 unspecified atom stereocenters. The summed E-state index contributed by atoms with van der Waals surface area (Å²) in [5, 5.41) is 20.0. The maximum atomic E-state index is 10.4. The lowest BCUT2D eigenvalue weighted by atomic mass is 9.65. The second-order valence-corrected chi connectivity index (χ2v) is 26.3. The van der Waals surface area contributed by atoms with Gasteiger partial charge in [0, 0.05) is 21.5 Å². The summed E-state index contributed by atoms with van der Waals surface area (Å²) in [5.74, 6) is 0. The predicted octanol–water partition coefficient (Wildman–Crippen LogP) is 11.1. The van der Waals surface area contributed by atoms with Gasteiger partial charge in [0.1, 0.15) is 0 Å². The second kappa shape index (κ2) is 16.0. The van der Waals surface area contributed by atoms with Crippen molar-refractivity contribution in [1.82, 2.24) is 0 Å². The van der Waals surface area contributed by atoms with Gasteiger partial charge in [0.25, 0.3) is 0 Å². The van der Waals surface area contributed by atoms with Gasteiger partial charge in [-0.15, -0.1) is 23.2 Å². The first-order valence-corrected chi connectivity index (χ1v) is 23.7. The molecule has 2 radical (unpaired) electrons. The van der Waals surface area contributed by atoms with Gasteiger partial charge in [-0.05, 0) is 67.0 Å². The molecule has 2 aromatic rings. The molecule has 2 rings (SSSR count). The van der Waals surface area contributed by atoms with E-state index in [2.05, 4.69) is 138 Å². The van der Waals surface area contributed by atoms with E-state index in [1.165, 1.54) is 5.56 Å². The van der Waals surface area contributed by atoms with E-state index in [0.717, 1.165) is 24.7 Å². The van der Waals surface area contributed by atoms with E-state index in [0.29, 0.717) is 6.42 Å². The maximum absolute atomic E-state index is 10.4. The predicted molar refractivity (Wildman–Crippen MR) is 210 cm³/mol. The van der Waals surface area contributed by atoms with Crippen LogP contribution in [0.5, 0.6) is 0 Å². The molecule has 232 valence electrons. The highest BCUT2D eigenvalue weighted by Gasteiger charge is 2.44. The van der Waals surface area contributed by atoms with Gasteiger partial charge in [0.05, 0.1) is 6.61 Å². The maximum Gasteiger partial charge on any atom is 0.176 e. The van der Waals surface area contributed by atoms with Crippen LogP contribution in [-0.4, -0.2) is 52.3 Å². The topological polar surface area (TPSA) is 40.5 Å². The molecule has 0 amide bonds. The van der Waals surface area contributed by atoms with Crippen LogP contribution in [0.4, 0.5) is 0 Å². The zero-order chi connectivity index (χ0) is 32.0. The fraction of sp³-hybridized carbons (Fsp3) is 0.625. The summed E-state index contributed by atoms with van der Waals surface area (Å²) >= 11 is 19.7. The Hall–Kier alpha value is 1.39. The van der Waals surface area contributed by atoms with Gasteiger partial charge in [-0.3, -0.25) is 0 Å². The number of hydrogen-bond donors (Lipinski definition) is 2. The zero-order valence-electron chi connectivity index (χ0n) is 26.5. The molecule has 0 saturated carbocycles. The van der Waals surface area contributed by atoms with E-state index >= 15 is 0 Å². The summed E-state index contributed by atoms with van der Waals surface area (Å²) in [7, 11) is 0. The summed E-state index contributed by atoms with van der Waals surface area (Å²) in [6.07, 6.45) is 3.28. The van der Waals surface area contributed by atoms with Gasteiger partial charge < -0.3 is 10.2 Å². The zero-order valence-corrected chi connectivity index (χ0v) is 34.1. The average Bonchev–Trinajstić information content (AvgIpc) is 2.90. The van der Waals surface area contributed by atoms with Gasteiger partial charge in [-0.1, -0.05) is 157 Å². The number of hydrogen-bond acceptors (Lipinski definition) is 2. The fourth-order valence-electron chi connectivity index (χ4n) is 6.00. The van der Waals surface area contributed by atoms with Crippen molar-refractivity contribution in [3.8, 4) is 0 Å². The van der Waals surface area contributed by atoms with Crippen LogP contribution < -0.4 is 0 Å². The Morgan fingerprint density at radius 1 is 0.667 bits per heavy atom. The Morgan fingerprint density at radius 3 is 1.62 bits per heavy atom. The minimum atomic E-state index is -0.586. The minimum absolute atomic E-state index is 0.0138. The summed E-state index contributed by atoms with van der Waals surface area (Å²) in [6.45, 7) is 22.7. The van der Waals surface area contributed by atoms with Crippen LogP contribution >= 0.6 is 78.2 Å². The first-order valence-electron chi connectivity index (χ1n) is 14.5. The Kier molecular flexibility index (Phi) is 15.1. The summed E-state index contributed by atoms with van der Waals surface area (Å²) in [5.41, 5.74) is 1.13. The van der Waals surface area contributed by atoms with Crippen molar-refractivity contribution >= 4 is 92.2 Å². The molecule has 42 heavy (non-hydrogen) atoms. The molecule has 0 aliphatic carbocycles. The Morgan fingerprint density at radius 2 is 1.14 bits per heavy atom. The third-order valence-electron chi connectivity index (χ3n) is 8.10. The van der Waals surface area contributed by atoms with Crippen LogP contribution in [-0.2, 0) is 10.5 Å². The highest BCUT2D eigenvalue weighted by Crippen LogP contribution is 2.63. The summed E-state index contributed by atoms with van der Waals surface area (Å²) < 4.78 is 0. The molecule has 10 heteroatoms. The van der Waals surface area contributed by atoms with Gasteiger partial charge in [-0.2, -0.15) is 0 Å². The Bertz CT molecular complexity index is 1110. The van der Waals surface area contributed by atoms with Gasteiger partial charge in [0.2, 0.25) is 0 Å². The number of alkyl halides is 2. The third kappa shape index (κ3) is 11.6. The first kappa shape index (κ1) is 39.6. The van der Waals surface area contributed by atoms with Crippen molar-refractivity contribution in [2.75, 3.05) is 13.2 Å². The van der Waals surface area contributed by atoms with Crippen LogP contribution in [0.25, 0.3) is 0 Å². The third-order valence-corrected chi connectivity index (χ3v) is 21.7. The number of aliphatic hydroxyl groups excluding tert-OH is 2. The summed E-state index contributed by atoms with van der Waals surface area (Å²) in [4.78, 5) is -0.931. The molecular formula is C32H48B2Cl2I2O2P2. The standard InChI is InChI=1S/C32H48B2Cl2I2O2P2/c1-27(2,22-33-42(38)32(8,24-40)26-17-13-10-14-18-26)19-29(5,35)21-30(6,36)20-28(3,4)41(37)34-31(7,23-39)25-15-11-9-12-16-25/h9-18,39-40H,19-24H2,1-8H3. The number of rotatable bonds is 17. The van der Waals surface area contributed by atoms with Crippen LogP contribution in [0.2, 0.25) is 6.32 Å². The van der Waals surface area contributed by atoms with E-state index in [1.54, 1.807) is 0 Å². The molecule has 0 saturated heterocycles. The molecular weight excluding hydrogens is 825 g/mol. The van der Waals surface area contributed by atoms with E-state index in [9.17, 15) is 10.2 Å². The van der Waals surface area contributed by atoms with Crippen molar-refractivity contribution in [2.24, 2.45) is 5.41 Å². The van der Waals surface area contributed by atoms with Gasteiger partial charge in [0.15, 0.2) is 14.0 Å². The molecule has 0 fully saturated rings. The van der Waals surface area contributed by atoms with Crippen LogP contribution in [0.1, 0.15) is 85.8 Å². The smallest absolute Gasteiger partial charge is 0.176 e. The van der Waals surface area contributed by atoms with Crippen molar-refractivity contribution in [3.63, 3.8) is 0 Å². The molecule has 2 nitrogen and oxygen atoms in total. The molecule has 0 heterocycles. The van der Waals surface area contributed by atoms with E-state index in [-0.39, 0.29) is 28.9 Å². The Balaban J connectivity index is 2.04. The molecule has 2 N–H and O–H groups in total. The molecule has 2 aromatic carbocycles. The van der Waals surface area contributed by atoms with E-state index < -0.39 is 25.9 Å². The number of benzene rings is 2. The molecule has 6 atom stereocenters. The summed E-state index contributed by atoms with van der Waals surface area (Å²) in [6, 6.07) is 20.6. The highest BCUT2D eigenvalue weighted by molar-refractivity contribution is 14.2. The highest BCUT2D eigenvalue weighted by atomic mass is 127. The lowest BCUT2D eigenvalue weighted by Gasteiger charge is -2.43.